The van der Waals surface area contributed by atoms with Crippen LogP contribution in [0.5, 0.6) is 0 Å². The molecule has 1 aromatic carbocycles. The Morgan fingerprint density at radius 3 is 2.26 bits per heavy atom. The van der Waals surface area contributed by atoms with Crippen molar-refractivity contribution in [3.8, 4) is 0 Å². The van der Waals surface area contributed by atoms with Crippen LogP contribution in [0.25, 0.3) is 0 Å². The summed E-state index contributed by atoms with van der Waals surface area (Å²) in [5.74, 6) is 4.35. The minimum absolute atomic E-state index is 0.435. The highest BCUT2D eigenvalue weighted by molar-refractivity contribution is 5.87. The number of fused-ring (bicyclic) bond motifs is 5. The highest BCUT2D eigenvalue weighted by Crippen LogP contribution is 2.69. The second-order valence-corrected chi connectivity index (χ2v) is 7.03. The Kier molecular flexibility index (Phi) is 2.43. The summed E-state index contributed by atoms with van der Waals surface area (Å²) in [4.78, 5) is 12.6. The summed E-state index contributed by atoms with van der Waals surface area (Å²) >= 11 is 0. The lowest BCUT2D eigenvalue weighted by Crippen LogP contribution is -2.13. The molecule has 2 bridgehead atoms. The molecular weight excluding hydrogens is 232 g/mol. The topological polar surface area (TPSA) is 17.1 Å². The summed E-state index contributed by atoms with van der Waals surface area (Å²) in [5.41, 5.74) is 3.84. The molecule has 19 heavy (non-hydrogen) atoms. The van der Waals surface area contributed by atoms with Crippen LogP contribution in [-0.2, 0) is 11.2 Å². The standard InChI is InChI=1S/C18H22O/c1-10-4-3-5-11(2)14(10)9-15(19)18-16-12-6-7-13(8-12)17(16)18/h3-5,12-13,16-18H,6-9H2,1-2H3. The predicted molar refractivity (Wildman–Crippen MR) is 75.9 cm³/mol. The molecule has 1 aromatic rings. The van der Waals surface area contributed by atoms with Crippen molar-refractivity contribution in [2.45, 2.75) is 39.5 Å². The average molecular weight is 254 g/mol. The third kappa shape index (κ3) is 1.63. The summed E-state index contributed by atoms with van der Waals surface area (Å²) in [5, 5.41) is 0. The van der Waals surface area contributed by atoms with Crippen molar-refractivity contribution >= 4 is 5.78 Å². The van der Waals surface area contributed by atoms with Crippen LogP contribution in [0.15, 0.2) is 18.2 Å². The monoisotopic (exact) mass is 254 g/mol. The summed E-state index contributed by atoms with van der Waals surface area (Å²) in [6, 6.07) is 6.35. The van der Waals surface area contributed by atoms with E-state index in [1.165, 1.54) is 36.0 Å². The van der Waals surface area contributed by atoms with E-state index < -0.39 is 0 Å². The first kappa shape index (κ1) is 11.7. The minimum atomic E-state index is 0.435. The maximum absolute atomic E-state index is 12.6. The van der Waals surface area contributed by atoms with Gasteiger partial charge < -0.3 is 0 Å². The zero-order chi connectivity index (χ0) is 13.1. The predicted octanol–water partition coefficient (Wildman–Crippen LogP) is 3.71. The van der Waals surface area contributed by atoms with Crippen molar-refractivity contribution in [1.29, 1.82) is 0 Å². The van der Waals surface area contributed by atoms with E-state index in [0.717, 1.165) is 23.7 Å². The van der Waals surface area contributed by atoms with E-state index in [-0.39, 0.29) is 0 Å². The molecule has 0 heterocycles. The summed E-state index contributed by atoms with van der Waals surface area (Å²) in [6.45, 7) is 4.26. The summed E-state index contributed by atoms with van der Waals surface area (Å²) in [7, 11) is 0. The van der Waals surface area contributed by atoms with Gasteiger partial charge in [0.05, 0.1) is 0 Å². The average Bonchev–Trinajstić information content (AvgIpc) is 2.83. The maximum Gasteiger partial charge on any atom is 0.140 e. The molecule has 1 nitrogen and oxygen atoms in total. The Labute approximate surface area is 115 Å². The van der Waals surface area contributed by atoms with Gasteiger partial charge in [-0.2, -0.15) is 0 Å². The van der Waals surface area contributed by atoms with Gasteiger partial charge in [-0.05, 0) is 73.5 Å². The van der Waals surface area contributed by atoms with Gasteiger partial charge in [0.1, 0.15) is 5.78 Å². The van der Waals surface area contributed by atoms with Crippen molar-refractivity contribution in [3.05, 3.63) is 34.9 Å². The lowest BCUT2D eigenvalue weighted by atomic mass is 9.93. The lowest BCUT2D eigenvalue weighted by Gasteiger charge is -2.11. The molecule has 0 amide bonds. The Morgan fingerprint density at radius 2 is 1.68 bits per heavy atom. The van der Waals surface area contributed by atoms with Gasteiger partial charge in [-0.1, -0.05) is 18.2 Å². The molecule has 3 aliphatic carbocycles. The Morgan fingerprint density at radius 1 is 1.11 bits per heavy atom. The van der Waals surface area contributed by atoms with Gasteiger partial charge in [-0.3, -0.25) is 4.79 Å². The van der Waals surface area contributed by atoms with E-state index in [1.54, 1.807) is 0 Å². The molecule has 3 saturated carbocycles. The molecule has 0 N–H and O–H groups in total. The first-order valence-corrected chi connectivity index (χ1v) is 7.74. The summed E-state index contributed by atoms with van der Waals surface area (Å²) < 4.78 is 0. The number of carbonyl (C=O) groups excluding carboxylic acids is 1. The maximum atomic E-state index is 12.6. The second-order valence-electron chi connectivity index (χ2n) is 7.03. The lowest BCUT2D eigenvalue weighted by molar-refractivity contribution is -0.120. The number of benzene rings is 1. The molecule has 0 aromatic heterocycles. The third-order valence-electron chi connectivity index (χ3n) is 6.10. The smallest absolute Gasteiger partial charge is 0.140 e. The van der Waals surface area contributed by atoms with Crippen LogP contribution in [0.4, 0.5) is 0 Å². The fourth-order valence-corrected chi connectivity index (χ4v) is 5.18. The molecule has 4 rings (SSSR count). The molecule has 1 heteroatoms. The SMILES string of the molecule is Cc1cccc(C)c1CC(=O)C1C2C3CCC(C3)C12. The Balaban J connectivity index is 1.52. The molecular formula is C18H22O. The van der Waals surface area contributed by atoms with Crippen LogP contribution in [0, 0.1) is 43.4 Å². The van der Waals surface area contributed by atoms with Gasteiger partial charge >= 0.3 is 0 Å². The highest BCUT2D eigenvalue weighted by Gasteiger charge is 2.66. The molecule has 3 fully saturated rings. The van der Waals surface area contributed by atoms with Crippen molar-refractivity contribution < 1.29 is 4.79 Å². The van der Waals surface area contributed by atoms with Crippen LogP contribution < -0.4 is 0 Å². The van der Waals surface area contributed by atoms with Gasteiger partial charge in [0.15, 0.2) is 0 Å². The number of aryl methyl sites for hydroxylation is 2. The minimum Gasteiger partial charge on any atom is -0.299 e. The number of hydrogen-bond acceptors (Lipinski definition) is 1. The van der Waals surface area contributed by atoms with Gasteiger partial charge in [-0.25, -0.2) is 0 Å². The Hall–Kier alpha value is -1.11. The summed E-state index contributed by atoms with van der Waals surface area (Å²) in [6.07, 6.45) is 4.91. The van der Waals surface area contributed by atoms with Gasteiger partial charge in [0.2, 0.25) is 0 Å². The van der Waals surface area contributed by atoms with Gasteiger partial charge in [0.25, 0.3) is 0 Å². The normalized spacial score (nSPS) is 38.3. The van der Waals surface area contributed by atoms with E-state index in [9.17, 15) is 4.79 Å². The molecule has 0 spiro atoms. The molecule has 3 aliphatic rings. The molecule has 0 aliphatic heterocycles. The third-order valence-corrected chi connectivity index (χ3v) is 6.10. The fraction of sp³-hybridized carbons (Fsp3) is 0.611. The number of rotatable bonds is 3. The fourth-order valence-electron chi connectivity index (χ4n) is 5.18. The number of hydrogen-bond donors (Lipinski definition) is 0. The number of Topliss-reactive ketones (excluding diaryl/α,β-unsaturated/α-hetero) is 1. The second kappa shape index (κ2) is 3.94. The van der Waals surface area contributed by atoms with E-state index in [2.05, 4.69) is 32.0 Å². The van der Waals surface area contributed by atoms with Crippen LogP contribution >= 0.6 is 0 Å². The number of carbonyl (C=O) groups is 1. The molecule has 4 unspecified atom stereocenters. The first-order chi connectivity index (χ1) is 9.16. The molecule has 4 atom stereocenters. The molecule has 0 saturated heterocycles. The zero-order valence-corrected chi connectivity index (χ0v) is 11.9. The largest absolute Gasteiger partial charge is 0.299 e. The first-order valence-electron chi connectivity index (χ1n) is 7.74. The van der Waals surface area contributed by atoms with Crippen molar-refractivity contribution in [1.82, 2.24) is 0 Å². The van der Waals surface area contributed by atoms with E-state index in [0.29, 0.717) is 18.1 Å². The van der Waals surface area contributed by atoms with Crippen LogP contribution in [0.2, 0.25) is 0 Å². The number of ketones is 1. The van der Waals surface area contributed by atoms with Gasteiger partial charge in [0, 0.05) is 12.3 Å². The van der Waals surface area contributed by atoms with Crippen molar-refractivity contribution in [2.75, 3.05) is 0 Å². The van der Waals surface area contributed by atoms with E-state index >= 15 is 0 Å². The van der Waals surface area contributed by atoms with Gasteiger partial charge in [-0.15, -0.1) is 0 Å². The van der Waals surface area contributed by atoms with E-state index in [1.807, 2.05) is 0 Å². The zero-order valence-electron chi connectivity index (χ0n) is 11.9. The van der Waals surface area contributed by atoms with Crippen LogP contribution in [0.3, 0.4) is 0 Å². The quantitative estimate of drug-likeness (QED) is 0.803. The molecule has 100 valence electrons. The highest BCUT2D eigenvalue weighted by atomic mass is 16.1. The Bertz CT molecular complexity index is 508. The molecule has 0 radical (unpaired) electrons. The van der Waals surface area contributed by atoms with Crippen molar-refractivity contribution in [2.24, 2.45) is 29.6 Å². The van der Waals surface area contributed by atoms with Crippen LogP contribution in [0.1, 0.15) is 36.0 Å². The van der Waals surface area contributed by atoms with Crippen LogP contribution in [-0.4, -0.2) is 5.78 Å². The van der Waals surface area contributed by atoms with E-state index in [4.69, 9.17) is 0 Å². The van der Waals surface area contributed by atoms with Crippen molar-refractivity contribution in [3.63, 3.8) is 0 Å².